The van der Waals surface area contributed by atoms with E-state index in [0.29, 0.717) is 32.8 Å². The van der Waals surface area contributed by atoms with E-state index in [1.807, 2.05) is 27.7 Å². The predicted molar refractivity (Wildman–Crippen MR) is 70.6 cm³/mol. The second-order valence-electron chi connectivity index (χ2n) is 4.44. The molecule has 108 valence electrons. The van der Waals surface area contributed by atoms with Crippen molar-refractivity contribution in [1.29, 1.82) is 0 Å². The number of methoxy groups -OCH3 is 1. The minimum atomic E-state index is -0.700. The van der Waals surface area contributed by atoms with Crippen LogP contribution in [0.15, 0.2) is 0 Å². The molecule has 0 aromatic heterocycles. The maximum atomic E-state index is 11.8. The normalized spacial score (nSPS) is 16.1. The first-order valence-corrected chi connectivity index (χ1v) is 6.53. The zero-order valence-corrected chi connectivity index (χ0v) is 12.2. The highest BCUT2D eigenvalue weighted by atomic mass is 16.5. The Morgan fingerprint density at radius 2 is 2.00 bits per heavy atom. The third kappa shape index (κ3) is 6.33. The molecule has 1 N–H and O–H groups in total. The minimum Gasteiger partial charge on any atom is -0.468 e. The van der Waals surface area contributed by atoms with Crippen LogP contribution >= 0.6 is 0 Å². The van der Waals surface area contributed by atoms with Crippen molar-refractivity contribution in [3.63, 3.8) is 0 Å². The van der Waals surface area contributed by atoms with E-state index >= 15 is 0 Å². The van der Waals surface area contributed by atoms with Gasteiger partial charge in [0.15, 0.2) is 0 Å². The molecule has 0 fully saturated rings. The van der Waals surface area contributed by atoms with Crippen molar-refractivity contribution < 1.29 is 19.0 Å². The maximum Gasteiger partial charge on any atom is 0.325 e. The van der Waals surface area contributed by atoms with Crippen LogP contribution in [0, 0.1) is 0 Å². The highest BCUT2D eigenvalue weighted by molar-refractivity contribution is 5.80. The molecule has 0 spiro atoms. The molecule has 5 nitrogen and oxygen atoms in total. The van der Waals surface area contributed by atoms with Gasteiger partial charge in [-0.25, -0.2) is 0 Å². The zero-order chi connectivity index (χ0) is 14.0. The Balaban J connectivity index is 4.18. The van der Waals surface area contributed by atoms with Gasteiger partial charge >= 0.3 is 5.97 Å². The van der Waals surface area contributed by atoms with Gasteiger partial charge in [0.25, 0.3) is 0 Å². The molecular weight excluding hydrogens is 234 g/mol. The lowest BCUT2D eigenvalue weighted by Gasteiger charge is -2.30. The van der Waals surface area contributed by atoms with Crippen molar-refractivity contribution in [2.45, 2.75) is 45.8 Å². The Labute approximate surface area is 110 Å². The molecule has 0 aromatic carbocycles. The van der Waals surface area contributed by atoms with Crippen molar-refractivity contribution in [1.82, 2.24) is 5.32 Å². The van der Waals surface area contributed by atoms with Crippen LogP contribution in [-0.4, -0.2) is 51.1 Å². The van der Waals surface area contributed by atoms with Gasteiger partial charge in [-0.05, 0) is 27.3 Å². The fourth-order valence-corrected chi connectivity index (χ4v) is 1.93. The van der Waals surface area contributed by atoms with Crippen LogP contribution in [0.5, 0.6) is 0 Å². The van der Waals surface area contributed by atoms with Gasteiger partial charge in [-0.2, -0.15) is 0 Å². The second-order valence-corrected chi connectivity index (χ2v) is 4.44. The lowest BCUT2D eigenvalue weighted by atomic mass is 9.94. The number of carbonyl (C=O) groups excluding carboxylic acids is 1. The lowest BCUT2D eigenvalue weighted by Crippen LogP contribution is -2.52. The SMILES string of the molecule is CCNC(C)(CC(C)OCCOCC)C(=O)OC. The van der Waals surface area contributed by atoms with Crippen LogP contribution < -0.4 is 5.32 Å². The fraction of sp³-hybridized carbons (Fsp3) is 0.923. The van der Waals surface area contributed by atoms with Gasteiger partial charge in [0, 0.05) is 13.0 Å². The Bertz CT molecular complexity index is 235. The van der Waals surface area contributed by atoms with Crippen LogP contribution in [0.3, 0.4) is 0 Å². The average Bonchev–Trinajstić information content (AvgIpc) is 2.33. The number of carbonyl (C=O) groups is 1. The van der Waals surface area contributed by atoms with Crippen LogP contribution in [-0.2, 0) is 19.0 Å². The van der Waals surface area contributed by atoms with E-state index in [2.05, 4.69) is 5.32 Å². The molecule has 0 aliphatic carbocycles. The quantitative estimate of drug-likeness (QED) is 0.475. The average molecular weight is 261 g/mol. The number of nitrogens with one attached hydrogen (secondary N) is 1. The third-order valence-electron chi connectivity index (χ3n) is 2.73. The predicted octanol–water partition coefficient (Wildman–Crippen LogP) is 1.36. The fourth-order valence-electron chi connectivity index (χ4n) is 1.93. The van der Waals surface area contributed by atoms with Gasteiger partial charge < -0.3 is 19.5 Å². The summed E-state index contributed by atoms with van der Waals surface area (Å²) in [5.41, 5.74) is -0.700. The molecule has 0 aliphatic rings. The van der Waals surface area contributed by atoms with Gasteiger partial charge in [0.1, 0.15) is 5.54 Å². The van der Waals surface area contributed by atoms with Crippen molar-refractivity contribution in [2.24, 2.45) is 0 Å². The van der Waals surface area contributed by atoms with Crippen LogP contribution in [0.25, 0.3) is 0 Å². The monoisotopic (exact) mass is 261 g/mol. The third-order valence-corrected chi connectivity index (χ3v) is 2.73. The highest BCUT2D eigenvalue weighted by Crippen LogP contribution is 2.16. The summed E-state index contributed by atoms with van der Waals surface area (Å²) < 4.78 is 15.6. The van der Waals surface area contributed by atoms with Crippen LogP contribution in [0.2, 0.25) is 0 Å². The van der Waals surface area contributed by atoms with Gasteiger partial charge in [-0.1, -0.05) is 6.92 Å². The first kappa shape index (κ1) is 17.4. The smallest absolute Gasteiger partial charge is 0.325 e. The Morgan fingerprint density at radius 1 is 1.33 bits per heavy atom. The van der Waals surface area contributed by atoms with Crippen molar-refractivity contribution in [2.75, 3.05) is 33.5 Å². The highest BCUT2D eigenvalue weighted by Gasteiger charge is 2.35. The molecule has 0 saturated heterocycles. The topological polar surface area (TPSA) is 56.8 Å². The Morgan fingerprint density at radius 3 is 2.50 bits per heavy atom. The second kappa shape index (κ2) is 9.30. The van der Waals surface area contributed by atoms with E-state index in [1.165, 1.54) is 7.11 Å². The van der Waals surface area contributed by atoms with E-state index in [4.69, 9.17) is 14.2 Å². The van der Waals surface area contributed by atoms with Gasteiger partial charge in [-0.3, -0.25) is 4.79 Å². The number of rotatable bonds is 10. The summed E-state index contributed by atoms with van der Waals surface area (Å²) in [5, 5.41) is 3.16. The Hall–Kier alpha value is -0.650. The zero-order valence-electron chi connectivity index (χ0n) is 12.2. The van der Waals surface area contributed by atoms with Crippen LogP contribution in [0.1, 0.15) is 34.1 Å². The molecule has 0 heterocycles. The largest absolute Gasteiger partial charge is 0.468 e. The molecule has 2 unspecified atom stereocenters. The molecule has 2 atom stereocenters. The van der Waals surface area contributed by atoms with Crippen LogP contribution in [0.4, 0.5) is 0 Å². The first-order valence-electron chi connectivity index (χ1n) is 6.53. The molecule has 18 heavy (non-hydrogen) atoms. The van der Waals surface area contributed by atoms with Gasteiger partial charge in [0.2, 0.25) is 0 Å². The number of hydrogen-bond acceptors (Lipinski definition) is 5. The summed E-state index contributed by atoms with van der Waals surface area (Å²) in [6, 6.07) is 0. The maximum absolute atomic E-state index is 11.8. The number of esters is 1. The molecule has 0 amide bonds. The minimum absolute atomic E-state index is 0.0337. The molecule has 0 bridgehead atoms. The molecule has 5 heteroatoms. The van der Waals surface area contributed by atoms with E-state index < -0.39 is 5.54 Å². The molecule has 0 saturated carbocycles. The lowest BCUT2D eigenvalue weighted by molar-refractivity contribution is -0.149. The summed E-state index contributed by atoms with van der Waals surface area (Å²) in [4.78, 5) is 11.8. The van der Waals surface area contributed by atoms with Crippen molar-refractivity contribution in [3.8, 4) is 0 Å². The van der Waals surface area contributed by atoms with E-state index in [-0.39, 0.29) is 12.1 Å². The molecule has 0 radical (unpaired) electrons. The number of likely N-dealkylation sites (N-methyl/N-ethyl adjacent to an activating group) is 1. The molecule has 0 rings (SSSR count). The molecule has 0 aliphatic heterocycles. The summed E-state index contributed by atoms with van der Waals surface area (Å²) >= 11 is 0. The van der Waals surface area contributed by atoms with Gasteiger partial charge in [-0.15, -0.1) is 0 Å². The van der Waals surface area contributed by atoms with E-state index in [9.17, 15) is 4.79 Å². The van der Waals surface area contributed by atoms with E-state index in [0.717, 1.165) is 0 Å². The standard InChI is InChI=1S/C13H27NO4/c1-6-14-13(4,12(15)16-5)10-11(3)18-9-8-17-7-2/h11,14H,6-10H2,1-5H3. The Kier molecular flexibility index (Phi) is 8.97. The van der Waals surface area contributed by atoms with Crippen molar-refractivity contribution in [3.05, 3.63) is 0 Å². The first-order chi connectivity index (χ1) is 8.50. The molecular formula is C13H27NO4. The summed E-state index contributed by atoms with van der Waals surface area (Å²) in [7, 11) is 1.40. The van der Waals surface area contributed by atoms with E-state index in [1.54, 1.807) is 0 Å². The van der Waals surface area contributed by atoms with Gasteiger partial charge in [0.05, 0.1) is 26.4 Å². The summed E-state index contributed by atoms with van der Waals surface area (Å²) in [6.45, 7) is 10.2. The summed E-state index contributed by atoms with van der Waals surface area (Å²) in [6.07, 6.45) is 0.535. The molecule has 0 aromatic rings. The summed E-state index contributed by atoms with van der Waals surface area (Å²) in [5.74, 6) is -0.260. The number of ether oxygens (including phenoxy) is 3. The number of hydrogen-bond donors (Lipinski definition) is 1. The van der Waals surface area contributed by atoms with Crippen molar-refractivity contribution >= 4 is 5.97 Å².